The predicted molar refractivity (Wildman–Crippen MR) is 125 cm³/mol. The van der Waals surface area contributed by atoms with Gasteiger partial charge in [0.05, 0.1) is 0 Å². The van der Waals surface area contributed by atoms with Crippen LogP contribution in [0.3, 0.4) is 0 Å². The van der Waals surface area contributed by atoms with Gasteiger partial charge in [-0.15, -0.1) is 0 Å². The molecule has 168 valence electrons. The Morgan fingerprint density at radius 1 is 1.00 bits per heavy atom. The molecule has 7 heteroatoms. The standard InChI is InChI=1S/C26H25N3O4/c1-18-12-14-27-17-29(28-15-13-21(30)24(31)23(28)25(27)32)26(2,19-8-4-3-5-9-19)20-10-6-7-11-22(20)33-16-18/h3-13,15,31H,14,16-17H2,1-2H3/b18-12-/t26-/m1/s1. The van der Waals surface area contributed by atoms with Crippen molar-refractivity contribution in [2.24, 2.45) is 0 Å². The van der Waals surface area contributed by atoms with Crippen molar-refractivity contribution in [3.05, 3.63) is 106 Å². The van der Waals surface area contributed by atoms with Crippen molar-refractivity contribution in [3.63, 3.8) is 0 Å². The van der Waals surface area contributed by atoms with Gasteiger partial charge in [-0.1, -0.05) is 54.6 Å². The van der Waals surface area contributed by atoms with E-state index in [1.165, 1.54) is 6.07 Å². The lowest BCUT2D eigenvalue weighted by molar-refractivity contribution is 0.0685. The maximum atomic E-state index is 13.4. The monoisotopic (exact) mass is 443 g/mol. The third-order valence-electron chi connectivity index (χ3n) is 6.49. The molecule has 2 aromatic carbocycles. The van der Waals surface area contributed by atoms with E-state index < -0.39 is 22.6 Å². The van der Waals surface area contributed by atoms with E-state index in [9.17, 15) is 14.7 Å². The van der Waals surface area contributed by atoms with Gasteiger partial charge in [-0.25, -0.2) is 0 Å². The summed E-state index contributed by atoms with van der Waals surface area (Å²) in [6, 6.07) is 19.1. The Hall–Kier alpha value is -4.00. The number of carbonyl (C=O) groups excluding carboxylic acids is 1. The van der Waals surface area contributed by atoms with Crippen LogP contribution in [0.1, 0.15) is 35.5 Å². The van der Waals surface area contributed by atoms with Crippen molar-refractivity contribution < 1.29 is 14.6 Å². The van der Waals surface area contributed by atoms with Crippen molar-refractivity contribution in [1.82, 2.24) is 9.58 Å². The average molecular weight is 444 g/mol. The summed E-state index contributed by atoms with van der Waals surface area (Å²) in [5.74, 6) is -0.212. The fourth-order valence-electron chi connectivity index (χ4n) is 4.58. The van der Waals surface area contributed by atoms with Crippen molar-refractivity contribution in [1.29, 1.82) is 0 Å². The molecule has 0 aliphatic carbocycles. The van der Waals surface area contributed by atoms with Gasteiger partial charge < -0.3 is 14.7 Å². The number of hydrogen-bond acceptors (Lipinski definition) is 5. The van der Waals surface area contributed by atoms with Gasteiger partial charge in [0.25, 0.3) is 5.91 Å². The number of benzene rings is 2. The number of aromatic nitrogens is 1. The molecule has 2 bridgehead atoms. The molecule has 0 fully saturated rings. The van der Waals surface area contributed by atoms with Crippen LogP contribution in [0.25, 0.3) is 0 Å². The number of para-hydroxylation sites is 1. The minimum atomic E-state index is -0.800. The van der Waals surface area contributed by atoms with Crippen LogP contribution in [0, 0.1) is 0 Å². The highest BCUT2D eigenvalue weighted by Crippen LogP contribution is 2.41. The normalized spacial score (nSPS) is 21.8. The Morgan fingerprint density at radius 3 is 2.52 bits per heavy atom. The van der Waals surface area contributed by atoms with Gasteiger partial charge in [0.2, 0.25) is 5.43 Å². The Kier molecular flexibility index (Phi) is 4.96. The van der Waals surface area contributed by atoms with E-state index >= 15 is 0 Å². The smallest absolute Gasteiger partial charge is 0.278 e. The van der Waals surface area contributed by atoms with Crippen LogP contribution in [0.2, 0.25) is 0 Å². The summed E-state index contributed by atoms with van der Waals surface area (Å²) in [5.41, 5.74) is 1.43. The second kappa shape index (κ2) is 7.85. The highest BCUT2D eigenvalue weighted by Gasteiger charge is 2.44. The molecule has 2 aliphatic heterocycles. The number of nitrogens with zero attached hydrogens (tertiary/aromatic N) is 3. The highest BCUT2D eigenvalue weighted by molar-refractivity contribution is 5.96. The zero-order chi connectivity index (χ0) is 23.2. The molecular formula is C26H25N3O4. The molecule has 1 atom stereocenters. The fourth-order valence-corrected chi connectivity index (χ4v) is 4.58. The second-order valence-electron chi connectivity index (χ2n) is 8.56. The first-order valence-corrected chi connectivity index (χ1v) is 10.9. The van der Waals surface area contributed by atoms with Crippen molar-refractivity contribution in [3.8, 4) is 11.5 Å². The zero-order valence-electron chi connectivity index (χ0n) is 18.6. The number of fused-ring (bicyclic) bond motifs is 5. The number of rotatable bonds is 1. The number of ether oxygens (including phenoxy) is 1. The minimum absolute atomic E-state index is 0.0420. The van der Waals surface area contributed by atoms with E-state index in [4.69, 9.17) is 4.74 Å². The van der Waals surface area contributed by atoms with Crippen LogP contribution < -0.4 is 15.2 Å². The van der Waals surface area contributed by atoms with Gasteiger partial charge in [0, 0.05) is 24.4 Å². The van der Waals surface area contributed by atoms with Gasteiger partial charge in [-0.3, -0.25) is 19.3 Å². The third-order valence-corrected chi connectivity index (χ3v) is 6.49. The molecule has 0 unspecified atom stereocenters. The molecule has 7 nitrogen and oxygen atoms in total. The Morgan fingerprint density at radius 2 is 1.73 bits per heavy atom. The van der Waals surface area contributed by atoms with Gasteiger partial charge >= 0.3 is 0 Å². The summed E-state index contributed by atoms with van der Waals surface area (Å²) < 4.78 is 7.85. The predicted octanol–water partition coefficient (Wildman–Crippen LogP) is 3.21. The van der Waals surface area contributed by atoms with E-state index in [-0.39, 0.29) is 12.4 Å². The Bertz CT molecular complexity index is 1310. The lowest BCUT2D eigenvalue weighted by Gasteiger charge is -2.49. The van der Waals surface area contributed by atoms with Crippen LogP contribution >= 0.6 is 0 Å². The largest absolute Gasteiger partial charge is 0.502 e. The summed E-state index contributed by atoms with van der Waals surface area (Å²) >= 11 is 0. The lowest BCUT2D eigenvalue weighted by atomic mass is 9.83. The molecule has 1 aromatic heterocycles. The molecule has 2 aliphatic rings. The molecular weight excluding hydrogens is 418 g/mol. The summed E-state index contributed by atoms with van der Waals surface area (Å²) in [4.78, 5) is 27.3. The summed E-state index contributed by atoms with van der Waals surface area (Å²) in [6.07, 6.45) is 3.50. The summed E-state index contributed by atoms with van der Waals surface area (Å²) in [7, 11) is 0. The van der Waals surface area contributed by atoms with E-state index in [0.29, 0.717) is 13.2 Å². The van der Waals surface area contributed by atoms with Crippen LogP contribution in [-0.2, 0) is 5.54 Å². The molecule has 0 spiro atoms. The van der Waals surface area contributed by atoms with Crippen LogP contribution in [0.15, 0.2) is 83.3 Å². The summed E-state index contributed by atoms with van der Waals surface area (Å²) in [6.45, 7) is 4.99. The van der Waals surface area contributed by atoms with Crippen LogP contribution in [-0.4, -0.2) is 40.4 Å². The van der Waals surface area contributed by atoms with Crippen LogP contribution in [0.4, 0.5) is 0 Å². The SMILES string of the molecule is C/C1=C/CN2CN(n3ccc(=O)c(O)c3C2=O)[C@](C)(c2ccccc2)c2ccccc2OC1. The Labute approximate surface area is 191 Å². The average Bonchev–Trinajstić information content (AvgIpc) is 2.85. The number of aromatic hydroxyl groups is 1. The van der Waals surface area contributed by atoms with Gasteiger partial charge in [0.15, 0.2) is 11.4 Å². The van der Waals surface area contributed by atoms with Crippen molar-refractivity contribution in [2.45, 2.75) is 19.4 Å². The molecule has 0 saturated heterocycles. The Balaban J connectivity index is 1.86. The fraction of sp³-hybridized carbons (Fsp3) is 0.231. The third kappa shape index (κ3) is 3.28. The van der Waals surface area contributed by atoms with E-state index in [2.05, 4.69) is 6.92 Å². The van der Waals surface area contributed by atoms with Gasteiger partial charge in [0.1, 0.15) is 24.6 Å². The molecule has 1 amide bonds. The first-order chi connectivity index (χ1) is 15.9. The first kappa shape index (κ1) is 20.9. The zero-order valence-corrected chi connectivity index (χ0v) is 18.6. The highest BCUT2D eigenvalue weighted by atomic mass is 16.5. The minimum Gasteiger partial charge on any atom is -0.502 e. The molecule has 3 aromatic rings. The molecule has 1 N–H and O–H groups in total. The molecule has 3 heterocycles. The maximum absolute atomic E-state index is 13.4. The van der Waals surface area contributed by atoms with E-state index in [1.807, 2.05) is 72.6 Å². The number of pyridine rings is 1. The molecule has 0 radical (unpaired) electrons. The number of hydrogen-bond donors (Lipinski definition) is 1. The topological polar surface area (TPSA) is 75.0 Å². The van der Waals surface area contributed by atoms with Crippen molar-refractivity contribution in [2.75, 3.05) is 24.8 Å². The second-order valence-corrected chi connectivity index (χ2v) is 8.56. The van der Waals surface area contributed by atoms with Gasteiger partial charge in [-0.05, 0) is 31.1 Å². The quantitative estimate of drug-likeness (QED) is 0.585. The van der Waals surface area contributed by atoms with E-state index in [1.54, 1.807) is 15.8 Å². The number of amides is 1. The van der Waals surface area contributed by atoms with E-state index in [0.717, 1.165) is 22.4 Å². The molecule has 5 rings (SSSR count). The maximum Gasteiger partial charge on any atom is 0.278 e. The molecule has 33 heavy (non-hydrogen) atoms. The van der Waals surface area contributed by atoms with Crippen molar-refractivity contribution >= 4 is 5.91 Å². The summed E-state index contributed by atoms with van der Waals surface area (Å²) in [5, 5.41) is 12.6. The molecule has 0 saturated carbocycles. The van der Waals surface area contributed by atoms with Gasteiger partial charge in [-0.2, -0.15) is 0 Å². The first-order valence-electron chi connectivity index (χ1n) is 10.9. The lowest BCUT2D eigenvalue weighted by Crippen LogP contribution is -2.61. The number of carbonyl (C=O) groups is 1. The van der Waals surface area contributed by atoms with Crippen LogP contribution in [0.5, 0.6) is 11.5 Å².